The summed E-state index contributed by atoms with van der Waals surface area (Å²) in [5, 5.41) is 16.2. The van der Waals surface area contributed by atoms with Gasteiger partial charge in [-0.25, -0.2) is 4.79 Å². The third-order valence-corrected chi connectivity index (χ3v) is 4.05. The fourth-order valence-electron chi connectivity index (χ4n) is 2.82. The smallest absolute Gasteiger partial charge is 0.319 e. The van der Waals surface area contributed by atoms with Crippen molar-refractivity contribution < 1.29 is 14.5 Å². The summed E-state index contributed by atoms with van der Waals surface area (Å²) in [5.74, 6) is -0.918. The summed E-state index contributed by atoms with van der Waals surface area (Å²) in [6.07, 6.45) is 0. The Balaban J connectivity index is 2.44. The third-order valence-electron chi connectivity index (χ3n) is 4.05. The van der Waals surface area contributed by atoms with E-state index in [-0.39, 0.29) is 17.3 Å². The minimum Gasteiger partial charge on any atom is -0.343 e. The van der Waals surface area contributed by atoms with Gasteiger partial charge in [0, 0.05) is 30.9 Å². The Morgan fingerprint density at radius 3 is 2.62 bits per heavy atom. The lowest BCUT2D eigenvalue weighted by Crippen LogP contribution is -2.53. The minimum absolute atomic E-state index is 0.0973. The lowest BCUT2D eigenvalue weighted by atomic mass is 9.87. The summed E-state index contributed by atoms with van der Waals surface area (Å²) in [6.45, 7) is 8.57. The summed E-state index contributed by atoms with van der Waals surface area (Å²) in [5.41, 5.74) is 0.679. The predicted molar refractivity (Wildman–Crippen MR) is 88.1 cm³/mol. The number of nitrogens with zero attached hydrogens (tertiary/aromatic N) is 2. The highest BCUT2D eigenvalue weighted by Gasteiger charge is 2.39. The van der Waals surface area contributed by atoms with Crippen LogP contribution in [0.15, 0.2) is 36.5 Å². The number of nitrogens with one attached hydrogen (secondary N) is 2. The van der Waals surface area contributed by atoms with Crippen molar-refractivity contribution in [2.24, 2.45) is 5.92 Å². The van der Waals surface area contributed by atoms with Gasteiger partial charge < -0.3 is 15.5 Å². The van der Waals surface area contributed by atoms with Crippen LogP contribution in [0.3, 0.4) is 0 Å². The number of nitro groups is 1. The first-order chi connectivity index (χ1) is 11.4. The molecular formula is C16H20N4O4. The van der Waals surface area contributed by atoms with Crippen molar-refractivity contribution >= 4 is 17.6 Å². The van der Waals surface area contributed by atoms with Crippen molar-refractivity contribution in [1.29, 1.82) is 0 Å². The standard InChI is InChI=1S/C16H20N4O4/c1-4-19(5-2)15(21)13-10(3)17-16(22)18-14(13)11-7-6-8-12(9-11)20(23)24/h6-9,13-14H,3-5H2,1-2H3,(H2,17,18,22)/t13-,14+/m0/s1. The third kappa shape index (κ3) is 3.37. The van der Waals surface area contributed by atoms with Crippen molar-refractivity contribution in [1.82, 2.24) is 15.5 Å². The van der Waals surface area contributed by atoms with Crippen LogP contribution in [0.5, 0.6) is 0 Å². The number of hydrogen-bond acceptors (Lipinski definition) is 4. The van der Waals surface area contributed by atoms with Crippen molar-refractivity contribution in [3.63, 3.8) is 0 Å². The number of amides is 3. The second kappa shape index (κ2) is 7.12. The second-order valence-electron chi connectivity index (χ2n) is 5.44. The Morgan fingerprint density at radius 1 is 1.38 bits per heavy atom. The molecule has 0 radical (unpaired) electrons. The van der Waals surface area contributed by atoms with Gasteiger partial charge in [0.1, 0.15) is 5.92 Å². The normalized spacial score (nSPS) is 20.1. The van der Waals surface area contributed by atoms with Crippen LogP contribution in [0.1, 0.15) is 25.5 Å². The summed E-state index contributed by atoms with van der Waals surface area (Å²) < 4.78 is 0. The molecule has 1 fully saturated rings. The Hall–Kier alpha value is -2.90. The Kier molecular flexibility index (Phi) is 5.18. The molecule has 0 aromatic heterocycles. The van der Waals surface area contributed by atoms with Gasteiger partial charge in [-0.3, -0.25) is 14.9 Å². The maximum atomic E-state index is 12.8. The molecule has 0 saturated carbocycles. The minimum atomic E-state index is -0.732. The molecule has 128 valence electrons. The molecule has 3 amide bonds. The fourth-order valence-corrected chi connectivity index (χ4v) is 2.82. The van der Waals surface area contributed by atoms with E-state index in [2.05, 4.69) is 17.2 Å². The number of urea groups is 1. The van der Waals surface area contributed by atoms with E-state index in [0.29, 0.717) is 18.7 Å². The monoisotopic (exact) mass is 332 g/mol. The molecule has 1 saturated heterocycles. The maximum Gasteiger partial charge on any atom is 0.319 e. The molecule has 2 rings (SSSR count). The van der Waals surface area contributed by atoms with Crippen molar-refractivity contribution in [3.05, 3.63) is 52.2 Å². The average Bonchev–Trinajstić information content (AvgIpc) is 2.55. The largest absolute Gasteiger partial charge is 0.343 e. The van der Waals surface area contributed by atoms with Crippen LogP contribution in [0.2, 0.25) is 0 Å². The van der Waals surface area contributed by atoms with E-state index < -0.39 is 22.9 Å². The van der Waals surface area contributed by atoms with E-state index in [1.807, 2.05) is 13.8 Å². The van der Waals surface area contributed by atoms with E-state index >= 15 is 0 Å². The molecule has 1 aromatic rings. The predicted octanol–water partition coefficient (Wildman–Crippen LogP) is 1.95. The number of nitro benzene ring substituents is 1. The molecule has 24 heavy (non-hydrogen) atoms. The van der Waals surface area contributed by atoms with Gasteiger partial charge in [-0.05, 0) is 19.4 Å². The highest BCUT2D eigenvalue weighted by atomic mass is 16.6. The first kappa shape index (κ1) is 17.5. The van der Waals surface area contributed by atoms with E-state index in [0.717, 1.165) is 0 Å². The van der Waals surface area contributed by atoms with Crippen LogP contribution in [0.4, 0.5) is 10.5 Å². The Bertz CT molecular complexity index is 684. The Morgan fingerprint density at radius 2 is 2.04 bits per heavy atom. The molecule has 2 N–H and O–H groups in total. The molecule has 1 aromatic carbocycles. The van der Waals surface area contributed by atoms with Gasteiger partial charge in [0.25, 0.3) is 5.69 Å². The number of carbonyl (C=O) groups excluding carboxylic acids is 2. The molecule has 8 nitrogen and oxygen atoms in total. The lowest BCUT2D eigenvalue weighted by molar-refractivity contribution is -0.384. The van der Waals surface area contributed by atoms with Crippen molar-refractivity contribution in [2.45, 2.75) is 19.9 Å². The number of rotatable bonds is 5. The fraction of sp³-hybridized carbons (Fsp3) is 0.375. The van der Waals surface area contributed by atoms with E-state index in [1.165, 1.54) is 18.2 Å². The summed E-state index contributed by atoms with van der Waals surface area (Å²) in [4.78, 5) is 36.8. The topological polar surface area (TPSA) is 105 Å². The molecule has 0 spiro atoms. The van der Waals surface area contributed by atoms with Crippen LogP contribution < -0.4 is 10.6 Å². The van der Waals surface area contributed by atoms with Gasteiger partial charge in [0.15, 0.2) is 0 Å². The molecule has 2 atom stereocenters. The van der Waals surface area contributed by atoms with Gasteiger partial charge in [0.2, 0.25) is 5.91 Å². The number of non-ortho nitro benzene ring substituents is 1. The number of benzene rings is 1. The van der Waals surface area contributed by atoms with Gasteiger partial charge >= 0.3 is 6.03 Å². The number of hydrogen-bond donors (Lipinski definition) is 2. The summed E-state index contributed by atoms with van der Waals surface area (Å²) >= 11 is 0. The highest BCUT2D eigenvalue weighted by Crippen LogP contribution is 2.32. The SMILES string of the molecule is C=C1NC(=O)N[C@H](c2cccc([N+](=O)[O-])c2)[C@H]1C(=O)N(CC)CC. The molecule has 0 bridgehead atoms. The molecule has 0 unspecified atom stereocenters. The summed E-state index contributed by atoms with van der Waals surface area (Å²) in [7, 11) is 0. The molecular weight excluding hydrogens is 312 g/mol. The second-order valence-corrected chi connectivity index (χ2v) is 5.44. The van der Waals surface area contributed by atoms with E-state index in [4.69, 9.17) is 0 Å². The first-order valence-corrected chi connectivity index (χ1v) is 7.68. The van der Waals surface area contributed by atoms with Crippen LogP contribution in [-0.2, 0) is 4.79 Å². The van der Waals surface area contributed by atoms with Gasteiger partial charge in [-0.1, -0.05) is 18.7 Å². The number of carbonyl (C=O) groups is 2. The zero-order valence-electron chi connectivity index (χ0n) is 13.6. The van der Waals surface area contributed by atoms with Crippen molar-refractivity contribution in [3.8, 4) is 0 Å². The lowest BCUT2D eigenvalue weighted by Gasteiger charge is -2.36. The molecule has 1 aliphatic rings. The average molecular weight is 332 g/mol. The van der Waals surface area contributed by atoms with Crippen molar-refractivity contribution in [2.75, 3.05) is 13.1 Å². The van der Waals surface area contributed by atoms with Crippen LogP contribution >= 0.6 is 0 Å². The zero-order valence-corrected chi connectivity index (χ0v) is 13.6. The van der Waals surface area contributed by atoms with Gasteiger partial charge in [-0.15, -0.1) is 0 Å². The zero-order chi connectivity index (χ0) is 17.9. The van der Waals surface area contributed by atoms with E-state index in [9.17, 15) is 19.7 Å². The Labute approximate surface area is 139 Å². The highest BCUT2D eigenvalue weighted by molar-refractivity contribution is 5.88. The molecule has 1 aliphatic heterocycles. The molecule has 8 heteroatoms. The van der Waals surface area contributed by atoms with E-state index in [1.54, 1.807) is 11.0 Å². The van der Waals surface area contributed by atoms with Gasteiger partial charge in [0.05, 0.1) is 11.0 Å². The molecule has 0 aliphatic carbocycles. The van der Waals surface area contributed by atoms with Crippen LogP contribution in [0, 0.1) is 16.0 Å². The maximum absolute atomic E-state index is 12.8. The van der Waals surface area contributed by atoms with Crippen LogP contribution in [0.25, 0.3) is 0 Å². The van der Waals surface area contributed by atoms with Crippen LogP contribution in [-0.4, -0.2) is 34.9 Å². The first-order valence-electron chi connectivity index (χ1n) is 7.68. The summed E-state index contributed by atoms with van der Waals surface area (Å²) in [6, 6.07) is 4.72. The quantitative estimate of drug-likeness (QED) is 0.635. The molecule has 1 heterocycles. The van der Waals surface area contributed by atoms with Gasteiger partial charge in [-0.2, -0.15) is 0 Å².